The van der Waals surface area contributed by atoms with Crippen molar-refractivity contribution >= 4 is 11.5 Å². The summed E-state index contributed by atoms with van der Waals surface area (Å²) >= 11 is 0. The van der Waals surface area contributed by atoms with Gasteiger partial charge in [0, 0.05) is 5.56 Å². The Balaban J connectivity index is 2.14. The number of hydrogen-bond donors (Lipinski definition) is 1. The maximum Gasteiger partial charge on any atom is 0.325 e. The Morgan fingerprint density at radius 2 is 2.14 bits per heavy atom. The molecule has 3 rings (SSSR count). The Hall–Kier alpha value is -2.96. The molecule has 2 aromatic heterocycles. The fourth-order valence-electron chi connectivity index (χ4n) is 2.12. The fourth-order valence-corrected chi connectivity index (χ4v) is 2.12. The summed E-state index contributed by atoms with van der Waals surface area (Å²) in [7, 11) is 0. The zero-order chi connectivity index (χ0) is 15.0. The van der Waals surface area contributed by atoms with Gasteiger partial charge >= 0.3 is 5.97 Å². The fraction of sp³-hybridized carbons (Fsp3) is 0.143. The molecule has 0 bridgehead atoms. The van der Waals surface area contributed by atoms with Gasteiger partial charge in [-0.15, -0.1) is 0 Å². The number of carbonyl (C=O) groups is 1. The smallest absolute Gasteiger partial charge is 0.325 e. The van der Waals surface area contributed by atoms with Crippen molar-refractivity contribution in [3.8, 4) is 11.3 Å². The number of carboxylic acids is 1. The summed E-state index contributed by atoms with van der Waals surface area (Å²) in [6, 6.07) is 9.39. The van der Waals surface area contributed by atoms with Crippen LogP contribution < -0.4 is 5.56 Å². The summed E-state index contributed by atoms with van der Waals surface area (Å²) in [6.45, 7) is 1.50. The van der Waals surface area contributed by atoms with Crippen LogP contribution in [0.5, 0.6) is 0 Å². The van der Waals surface area contributed by atoms with Gasteiger partial charge in [-0.25, -0.2) is 9.20 Å². The highest BCUT2D eigenvalue weighted by Crippen LogP contribution is 2.19. The number of hydrogen-bond acceptors (Lipinski definition) is 4. The summed E-state index contributed by atoms with van der Waals surface area (Å²) in [4.78, 5) is 22.9. The van der Waals surface area contributed by atoms with E-state index < -0.39 is 18.1 Å². The molecule has 1 aromatic carbocycles. The van der Waals surface area contributed by atoms with Crippen LogP contribution >= 0.6 is 0 Å². The molecule has 0 spiro atoms. The molecule has 0 saturated heterocycles. The van der Waals surface area contributed by atoms with Crippen molar-refractivity contribution in [1.29, 1.82) is 0 Å². The molecule has 2 heterocycles. The number of benzene rings is 1. The van der Waals surface area contributed by atoms with Crippen molar-refractivity contribution in [2.24, 2.45) is 0 Å². The predicted octanol–water partition coefficient (Wildman–Crippen LogP) is 0.951. The molecule has 0 radical (unpaired) electrons. The molecule has 0 unspecified atom stereocenters. The Bertz CT molecular complexity index is 895. The van der Waals surface area contributed by atoms with Crippen molar-refractivity contribution in [2.45, 2.75) is 13.5 Å². The van der Waals surface area contributed by atoms with Gasteiger partial charge in [0.25, 0.3) is 5.56 Å². The Labute approximate surface area is 119 Å². The first-order valence-corrected chi connectivity index (χ1v) is 6.29. The van der Waals surface area contributed by atoms with E-state index in [0.717, 1.165) is 15.8 Å². The number of carboxylic acid groups (broad SMARTS) is 1. The third-order valence-corrected chi connectivity index (χ3v) is 3.09. The van der Waals surface area contributed by atoms with Gasteiger partial charge in [0.1, 0.15) is 18.4 Å². The van der Waals surface area contributed by atoms with Crippen LogP contribution in [0.15, 0.2) is 41.5 Å². The van der Waals surface area contributed by atoms with E-state index in [9.17, 15) is 9.59 Å². The van der Waals surface area contributed by atoms with Crippen LogP contribution in [0, 0.1) is 6.92 Å². The molecule has 7 nitrogen and oxygen atoms in total. The molecule has 1 N–H and O–H groups in total. The molecular formula is C14H12N4O3. The van der Waals surface area contributed by atoms with Crippen LogP contribution in [-0.2, 0) is 11.3 Å². The normalized spacial score (nSPS) is 10.9. The lowest BCUT2D eigenvalue weighted by molar-refractivity contribution is -0.138. The SMILES string of the molecule is Cc1cccc(-c2cc3c(=O)n(CC(=O)O)ncn3n2)c1. The van der Waals surface area contributed by atoms with E-state index in [1.54, 1.807) is 6.07 Å². The van der Waals surface area contributed by atoms with Crippen molar-refractivity contribution in [1.82, 2.24) is 19.4 Å². The monoisotopic (exact) mass is 284 g/mol. The van der Waals surface area contributed by atoms with E-state index in [-0.39, 0.29) is 0 Å². The lowest BCUT2D eigenvalue weighted by Gasteiger charge is -1.99. The second kappa shape index (κ2) is 4.86. The molecule has 106 valence electrons. The minimum absolute atomic E-state index is 0.294. The number of rotatable bonds is 3. The Kier molecular flexibility index (Phi) is 3.02. The lowest BCUT2D eigenvalue weighted by Crippen LogP contribution is -2.27. The van der Waals surface area contributed by atoms with Gasteiger partial charge in [-0.05, 0) is 19.1 Å². The van der Waals surface area contributed by atoms with Crippen LogP contribution in [0.2, 0.25) is 0 Å². The molecule has 0 aliphatic heterocycles. The van der Waals surface area contributed by atoms with E-state index in [4.69, 9.17) is 5.11 Å². The first kappa shape index (κ1) is 13.0. The molecule has 3 aromatic rings. The highest BCUT2D eigenvalue weighted by molar-refractivity contribution is 5.67. The van der Waals surface area contributed by atoms with Gasteiger partial charge in [0.05, 0.1) is 5.69 Å². The molecule has 0 aliphatic carbocycles. The van der Waals surface area contributed by atoms with Gasteiger partial charge in [0.2, 0.25) is 0 Å². The number of nitrogens with zero attached hydrogens (tertiary/aromatic N) is 4. The van der Waals surface area contributed by atoms with Gasteiger partial charge < -0.3 is 5.11 Å². The molecule has 0 fully saturated rings. The molecule has 0 atom stereocenters. The van der Waals surface area contributed by atoms with Crippen molar-refractivity contribution < 1.29 is 9.90 Å². The van der Waals surface area contributed by atoms with Crippen LogP contribution in [0.3, 0.4) is 0 Å². The minimum atomic E-state index is -1.12. The summed E-state index contributed by atoms with van der Waals surface area (Å²) in [5.74, 6) is -1.12. The van der Waals surface area contributed by atoms with Crippen molar-refractivity contribution in [3.63, 3.8) is 0 Å². The van der Waals surface area contributed by atoms with E-state index in [2.05, 4.69) is 10.2 Å². The molecule has 0 amide bonds. The van der Waals surface area contributed by atoms with Crippen LogP contribution in [0.4, 0.5) is 0 Å². The van der Waals surface area contributed by atoms with E-state index in [1.165, 1.54) is 10.8 Å². The zero-order valence-electron chi connectivity index (χ0n) is 11.2. The second-order valence-electron chi connectivity index (χ2n) is 4.72. The average Bonchev–Trinajstić information content (AvgIpc) is 2.86. The predicted molar refractivity (Wildman–Crippen MR) is 75.1 cm³/mol. The maximum absolute atomic E-state index is 12.2. The standard InChI is InChI=1S/C14H12N4O3/c1-9-3-2-4-10(5-9)11-6-12-14(21)17(7-13(19)20)15-8-18(12)16-11/h2-6,8H,7H2,1H3,(H,19,20). The van der Waals surface area contributed by atoms with Gasteiger partial charge in [-0.2, -0.15) is 10.2 Å². The summed E-state index contributed by atoms with van der Waals surface area (Å²) in [6.07, 6.45) is 1.33. The van der Waals surface area contributed by atoms with Crippen LogP contribution in [0.1, 0.15) is 5.56 Å². The van der Waals surface area contributed by atoms with Gasteiger partial charge in [-0.1, -0.05) is 23.8 Å². The van der Waals surface area contributed by atoms with E-state index >= 15 is 0 Å². The second-order valence-corrected chi connectivity index (χ2v) is 4.72. The van der Waals surface area contributed by atoms with Gasteiger partial charge in [0.15, 0.2) is 0 Å². The highest BCUT2D eigenvalue weighted by atomic mass is 16.4. The number of aliphatic carboxylic acids is 1. The Morgan fingerprint density at radius 1 is 1.33 bits per heavy atom. The third-order valence-electron chi connectivity index (χ3n) is 3.09. The number of fused-ring (bicyclic) bond motifs is 1. The van der Waals surface area contributed by atoms with Crippen molar-refractivity contribution in [3.05, 3.63) is 52.6 Å². The molecule has 21 heavy (non-hydrogen) atoms. The van der Waals surface area contributed by atoms with E-state index in [1.807, 2.05) is 31.2 Å². The lowest BCUT2D eigenvalue weighted by atomic mass is 10.1. The highest BCUT2D eigenvalue weighted by Gasteiger charge is 2.11. The van der Waals surface area contributed by atoms with E-state index in [0.29, 0.717) is 11.2 Å². The quantitative estimate of drug-likeness (QED) is 0.773. The van der Waals surface area contributed by atoms with Crippen LogP contribution in [0.25, 0.3) is 16.8 Å². The van der Waals surface area contributed by atoms with Gasteiger partial charge in [-0.3, -0.25) is 9.59 Å². The zero-order valence-corrected chi connectivity index (χ0v) is 11.2. The summed E-state index contributed by atoms with van der Waals surface area (Å²) < 4.78 is 2.26. The molecule has 0 saturated carbocycles. The minimum Gasteiger partial charge on any atom is -0.480 e. The average molecular weight is 284 g/mol. The first-order valence-electron chi connectivity index (χ1n) is 6.29. The number of aryl methyl sites for hydroxylation is 1. The van der Waals surface area contributed by atoms with Crippen LogP contribution in [-0.4, -0.2) is 30.5 Å². The summed E-state index contributed by atoms with van der Waals surface area (Å²) in [5.41, 5.74) is 2.44. The summed E-state index contributed by atoms with van der Waals surface area (Å²) in [5, 5.41) is 16.8. The largest absolute Gasteiger partial charge is 0.480 e. The molecule has 0 aliphatic rings. The third kappa shape index (κ3) is 2.40. The molecule has 7 heteroatoms. The maximum atomic E-state index is 12.2. The molecular weight excluding hydrogens is 272 g/mol. The van der Waals surface area contributed by atoms with Crippen molar-refractivity contribution in [2.75, 3.05) is 0 Å². The Morgan fingerprint density at radius 3 is 2.86 bits per heavy atom. The number of aromatic nitrogens is 4. The first-order chi connectivity index (χ1) is 10.0. The topological polar surface area (TPSA) is 89.5 Å².